The maximum absolute atomic E-state index is 11.1. The summed E-state index contributed by atoms with van der Waals surface area (Å²) in [6.07, 6.45) is 3.96. The van der Waals surface area contributed by atoms with E-state index in [2.05, 4.69) is 5.32 Å². The Morgan fingerprint density at radius 3 is 2.46 bits per heavy atom. The van der Waals surface area contributed by atoms with Crippen LogP contribution in [-0.2, 0) is 0 Å². The van der Waals surface area contributed by atoms with E-state index in [0.29, 0.717) is 0 Å². The van der Waals surface area contributed by atoms with Crippen LogP contribution in [0.25, 0.3) is 0 Å². The monoisotopic (exact) mass is 185 g/mol. The summed E-state index contributed by atoms with van der Waals surface area (Å²) in [6.45, 7) is 3.54. The third-order valence-electron chi connectivity index (χ3n) is 1.75. The van der Waals surface area contributed by atoms with E-state index in [1.165, 1.54) is 0 Å². The molecule has 0 heterocycles. The fourth-order valence-electron chi connectivity index (χ4n) is 0.929. The van der Waals surface area contributed by atoms with E-state index in [4.69, 9.17) is 0 Å². The van der Waals surface area contributed by atoms with Crippen molar-refractivity contribution in [2.45, 2.75) is 6.92 Å². The number of likely N-dealkylation sites (N-methyl/N-ethyl adjacent to an activating group) is 2. The van der Waals surface area contributed by atoms with Gasteiger partial charge in [0, 0.05) is 34.2 Å². The second kappa shape index (κ2) is 6.34. The molecule has 0 saturated carbocycles. The smallest absolute Gasteiger partial charge is 0.316 e. The first-order chi connectivity index (χ1) is 6.11. The molecule has 0 radical (unpaired) electrons. The van der Waals surface area contributed by atoms with Gasteiger partial charge in [0.15, 0.2) is 0 Å². The Hall–Kier alpha value is -1.19. The molecule has 0 aromatic carbocycles. The maximum Gasteiger partial charge on any atom is 0.316 e. The van der Waals surface area contributed by atoms with Gasteiger partial charge in [-0.15, -0.1) is 0 Å². The quantitative estimate of drug-likeness (QED) is 0.700. The number of nitrogens with one attached hydrogen (secondary N) is 1. The number of hydrogen-bond acceptors (Lipinski definition) is 2. The molecule has 4 heteroatoms. The van der Waals surface area contributed by atoms with Gasteiger partial charge in [-0.2, -0.15) is 0 Å². The molecule has 0 aliphatic rings. The topological polar surface area (TPSA) is 35.6 Å². The van der Waals surface area contributed by atoms with E-state index >= 15 is 0 Å². The molecule has 0 aromatic heterocycles. The van der Waals surface area contributed by atoms with Crippen molar-refractivity contribution in [1.29, 1.82) is 0 Å². The SMILES string of the molecule is C/C=C/N(C)CCN(C)C(=O)NC. The second-order valence-corrected chi connectivity index (χ2v) is 2.94. The zero-order valence-corrected chi connectivity index (χ0v) is 8.87. The molecule has 0 atom stereocenters. The predicted octanol–water partition coefficient (Wildman–Crippen LogP) is 0.723. The molecule has 4 nitrogen and oxygen atoms in total. The summed E-state index contributed by atoms with van der Waals surface area (Å²) in [7, 11) is 5.40. The molecule has 1 N–H and O–H groups in total. The van der Waals surface area contributed by atoms with Crippen LogP contribution in [-0.4, -0.2) is 50.1 Å². The molecule has 76 valence electrons. The second-order valence-electron chi connectivity index (χ2n) is 2.94. The van der Waals surface area contributed by atoms with Crippen LogP contribution in [0.4, 0.5) is 4.79 Å². The first-order valence-electron chi connectivity index (χ1n) is 4.37. The molecular weight excluding hydrogens is 166 g/mol. The first kappa shape index (κ1) is 11.8. The average Bonchev–Trinajstić information content (AvgIpc) is 2.13. The van der Waals surface area contributed by atoms with Gasteiger partial charge in [0.25, 0.3) is 0 Å². The van der Waals surface area contributed by atoms with Gasteiger partial charge < -0.3 is 15.1 Å². The lowest BCUT2D eigenvalue weighted by Crippen LogP contribution is -2.38. The molecule has 0 fully saturated rings. The van der Waals surface area contributed by atoms with Gasteiger partial charge in [0.1, 0.15) is 0 Å². The van der Waals surface area contributed by atoms with Crippen LogP contribution >= 0.6 is 0 Å². The minimum absolute atomic E-state index is 0.0473. The minimum Gasteiger partial charge on any atom is -0.379 e. The predicted molar refractivity (Wildman–Crippen MR) is 54.5 cm³/mol. The van der Waals surface area contributed by atoms with Gasteiger partial charge in [-0.05, 0) is 13.1 Å². The van der Waals surface area contributed by atoms with Crippen LogP contribution in [0.15, 0.2) is 12.3 Å². The molecule has 0 unspecified atom stereocenters. The van der Waals surface area contributed by atoms with E-state index in [1.54, 1.807) is 19.0 Å². The standard InChI is InChI=1S/C9H19N3O/c1-5-6-11(3)7-8-12(4)9(13)10-2/h5-6H,7-8H2,1-4H3,(H,10,13)/b6-5+. The molecule has 0 bridgehead atoms. The number of carbonyl (C=O) groups excluding carboxylic acids is 1. The van der Waals surface area contributed by atoms with E-state index in [9.17, 15) is 4.79 Å². The highest BCUT2D eigenvalue weighted by molar-refractivity contribution is 5.73. The summed E-state index contributed by atoms with van der Waals surface area (Å²) in [5, 5.41) is 2.57. The Kier molecular flexibility index (Phi) is 5.76. The Labute approximate surface area is 80.2 Å². The third-order valence-corrected chi connectivity index (χ3v) is 1.75. The van der Waals surface area contributed by atoms with E-state index in [0.717, 1.165) is 13.1 Å². The lowest BCUT2D eigenvalue weighted by atomic mass is 10.5. The fraction of sp³-hybridized carbons (Fsp3) is 0.667. The number of carbonyl (C=O) groups is 1. The number of amides is 2. The average molecular weight is 185 g/mol. The number of allylic oxidation sites excluding steroid dienone is 1. The molecule has 0 aliphatic heterocycles. The Balaban J connectivity index is 3.69. The van der Waals surface area contributed by atoms with Gasteiger partial charge in [-0.25, -0.2) is 4.79 Å². The summed E-state index contributed by atoms with van der Waals surface area (Å²) >= 11 is 0. The zero-order chi connectivity index (χ0) is 10.3. The summed E-state index contributed by atoms with van der Waals surface area (Å²) < 4.78 is 0. The van der Waals surface area contributed by atoms with Crippen molar-refractivity contribution in [3.05, 3.63) is 12.3 Å². The van der Waals surface area contributed by atoms with Crippen molar-refractivity contribution in [2.24, 2.45) is 0 Å². The van der Waals surface area contributed by atoms with Gasteiger partial charge in [-0.3, -0.25) is 0 Å². The third kappa shape index (κ3) is 5.11. The minimum atomic E-state index is -0.0473. The number of urea groups is 1. The lowest BCUT2D eigenvalue weighted by Gasteiger charge is -2.20. The fourth-order valence-corrected chi connectivity index (χ4v) is 0.929. The molecule has 0 rings (SSSR count). The number of rotatable bonds is 4. The lowest BCUT2D eigenvalue weighted by molar-refractivity contribution is 0.207. The number of nitrogens with zero attached hydrogens (tertiary/aromatic N) is 2. The molecule has 0 aliphatic carbocycles. The largest absolute Gasteiger partial charge is 0.379 e. The van der Waals surface area contributed by atoms with E-state index in [1.807, 2.05) is 31.1 Å². The highest BCUT2D eigenvalue weighted by Crippen LogP contribution is 1.88. The normalized spacial score (nSPS) is 10.2. The summed E-state index contributed by atoms with van der Waals surface area (Å²) in [5.74, 6) is 0. The van der Waals surface area contributed by atoms with E-state index in [-0.39, 0.29) is 6.03 Å². The molecule has 2 amide bonds. The Bertz CT molecular complexity index is 180. The van der Waals surface area contributed by atoms with Crippen molar-refractivity contribution in [2.75, 3.05) is 34.2 Å². The van der Waals surface area contributed by atoms with Gasteiger partial charge in [0.2, 0.25) is 0 Å². The van der Waals surface area contributed by atoms with Gasteiger partial charge in [-0.1, -0.05) is 6.08 Å². The van der Waals surface area contributed by atoms with E-state index < -0.39 is 0 Å². The van der Waals surface area contributed by atoms with Crippen molar-refractivity contribution in [1.82, 2.24) is 15.1 Å². The Morgan fingerprint density at radius 2 is 2.00 bits per heavy atom. The molecule has 0 saturated heterocycles. The van der Waals surface area contributed by atoms with Gasteiger partial charge >= 0.3 is 6.03 Å². The van der Waals surface area contributed by atoms with Crippen LogP contribution in [0.1, 0.15) is 6.92 Å². The molecular formula is C9H19N3O. The molecule has 0 spiro atoms. The van der Waals surface area contributed by atoms with Crippen LogP contribution in [0.5, 0.6) is 0 Å². The molecule has 0 aromatic rings. The molecule has 13 heavy (non-hydrogen) atoms. The van der Waals surface area contributed by atoms with Crippen molar-refractivity contribution in [3.63, 3.8) is 0 Å². The van der Waals surface area contributed by atoms with Crippen LogP contribution < -0.4 is 5.32 Å². The highest BCUT2D eigenvalue weighted by Gasteiger charge is 2.04. The first-order valence-corrected chi connectivity index (χ1v) is 4.37. The Morgan fingerprint density at radius 1 is 1.38 bits per heavy atom. The van der Waals surface area contributed by atoms with Crippen molar-refractivity contribution >= 4 is 6.03 Å². The summed E-state index contributed by atoms with van der Waals surface area (Å²) in [4.78, 5) is 14.8. The highest BCUT2D eigenvalue weighted by atomic mass is 16.2. The van der Waals surface area contributed by atoms with Crippen molar-refractivity contribution < 1.29 is 4.79 Å². The van der Waals surface area contributed by atoms with Crippen molar-refractivity contribution in [3.8, 4) is 0 Å². The summed E-state index contributed by atoms with van der Waals surface area (Å²) in [5.41, 5.74) is 0. The zero-order valence-electron chi connectivity index (χ0n) is 8.87. The van der Waals surface area contributed by atoms with Gasteiger partial charge in [0.05, 0.1) is 0 Å². The maximum atomic E-state index is 11.1. The summed E-state index contributed by atoms with van der Waals surface area (Å²) in [6, 6.07) is -0.0473. The van der Waals surface area contributed by atoms with Crippen LogP contribution in [0.2, 0.25) is 0 Å². The van der Waals surface area contributed by atoms with Crippen LogP contribution in [0, 0.1) is 0 Å². The number of hydrogen-bond donors (Lipinski definition) is 1. The van der Waals surface area contributed by atoms with Crippen LogP contribution in [0.3, 0.4) is 0 Å².